The number of hydrogen-bond donors (Lipinski definition) is 1. The third-order valence-electron chi connectivity index (χ3n) is 2.75. The van der Waals surface area contributed by atoms with E-state index in [1.165, 1.54) is 12.1 Å². The molecule has 0 aliphatic rings. The maximum Gasteiger partial charge on any atom is 0.508 e. The molecule has 0 atom stereocenters. The van der Waals surface area contributed by atoms with Gasteiger partial charge in [-0.2, -0.15) is 8.42 Å². The molecule has 0 spiro atoms. The first-order chi connectivity index (χ1) is 10.8. The topological polar surface area (TPSA) is 89.9 Å². The Balaban J connectivity index is 0.000000422. The lowest BCUT2D eigenvalue weighted by molar-refractivity contribution is 0.0536. The fourth-order valence-corrected chi connectivity index (χ4v) is 1.83. The number of rotatable bonds is 7. The van der Waals surface area contributed by atoms with Crippen LogP contribution in [-0.2, 0) is 19.6 Å². The smallest absolute Gasteiger partial charge is 0.434 e. The van der Waals surface area contributed by atoms with E-state index in [4.69, 9.17) is 14.0 Å². The van der Waals surface area contributed by atoms with Crippen molar-refractivity contribution in [2.24, 2.45) is 0 Å². The number of hydrogen-bond acceptors (Lipinski definition) is 5. The summed E-state index contributed by atoms with van der Waals surface area (Å²) in [6.45, 7) is 6.88. The van der Waals surface area contributed by atoms with Crippen molar-refractivity contribution in [3.05, 3.63) is 29.8 Å². The van der Waals surface area contributed by atoms with Gasteiger partial charge >= 0.3 is 6.16 Å². The molecular formula is C16H26O6S. The van der Waals surface area contributed by atoms with E-state index in [9.17, 15) is 13.2 Å². The van der Waals surface area contributed by atoms with Crippen LogP contribution < -0.4 is 0 Å². The second-order valence-corrected chi connectivity index (χ2v) is 6.36. The van der Waals surface area contributed by atoms with Crippen molar-refractivity contribution in [1.29, 1.82) is 0 Å². The van der Waals surface area contributed by atoms with Crippen molar-refractivity contribution in [2.45, 2.75) is 51.3 Å². The third kappa shape index (κ3) is 11.6. The second-order valence-electron chi connectivity index (χ2n) is 4.94. The normalized spacial score (nSPS) is 10.4. The Bertz CT molecular complexity index is 524. The van der Waals surface area contributed by atoms with Crippen molar-refractivity contribution in [2.75, 3.05) is 13.2 Å². The molecule has 0 saturated carbocycles. The van der Waals surface area contributed by atoms with E-state index in [0.29, 0.717) is 13.2 Å². The Kier molecular flexibility index (Phi) is 11.1. The number of ether oxygens (including phenoxy) is 2. The number of benzene rings is 1. The molecule has 6 nitrogen and oxygen atoms in total. The van der Waals surface area contributed by atoms with Crippen LogP contribution in [0.4, 0.5) is 4.79 Å². The first-order valence-electron chi connectivity index (χ1n) is 7.65. The molecule has 0 radical (unpaired) electrons. The van der Waals surface area contributed by atoms with Gasteiger partial charge in [-0.15, -0.1) is 0 Å². The molecule has 0 fully saturated rings. The summed E-state index contributed by atoms with van der Waals surface area (Å²) in [6.07, 6.45) is 3.34. The van der Waals surface area contributed by atoms with Gasteiger partial charge in [0.05, 0.1) is 18.1 Å². The maximum absolute atomic E-state index is 10.7. The summed E-state index contributed by atoms with van der Waals surface area (Å²) in [7, 11) is -4.02. The second kappa shape index (κ2) is 11.9. The number of carbonyl (C=O) groups excluding carboxylic acids is 1. The summed E-state index contributed by atoms with van der Waals surface area (Å²) in [5.74, 6) is 0. The first-order valence-corrected chi connectivity index (χ1v) is 9.09. The van der Waals surface area contributed by atoms with Crippen LogP contribution in [0.5, 0.6) is 0 Å². The van der Waals surface area contributed by atoms with Gasteiger partial charge in [0, 0.05) is 0 Å². The third-order valence-corrected chi connectivity index (χ3v) is 3.62. The highest BCUT2D eigenvalue weighted by molar-refractivity contribution is 7.85. The lowest BCUT2D eigenvalue weighted by Gasteiger charge is -2.04. The van der Waals surface area contributed by atoms with Gasteiger partial charge in [0.2, 0.25) is 0 Å². The average Bonchev–Trinajstić information content (AvgIpc) is 2.48. The summed E-state index contributed by atoms with van der Waals surface area (Å²) < 4.78 is 39.1. The molecule has 1 rings (SSSR count). The van der Waals surface area contributed by atoms with Gasteiger partial charge in [0.15, 0.2) is 0 Å². The molecule has 1 aromatic rings. The zero-order chi connectivity index (χ0) is 17.7. The summed E-state index contributed by atoms with van der Waals surface area (Å²) in [5, 5.41) is 0. The lowest BCUT2D eigenvalue weighted by atomic mass is 10.2. The molecule has 1 aromatic carbocycles. The molecule has 23 heavy (non-hydrogen) atoms. The predicted molar refractivity (Wildman–Crippen MR) is 88.1 cm³/mol. The highest BCUT2D eigenvalue weighted by Gasteiger charge is 2.06. The minimum Gasteiger partial charge on any atom is -0.434 e. The highest BCUT2D eigenvalue weighted by atomic mass is 32.2. The maximum atomic E-state index is 10.7. The van der Waals surface area contributed by atoms with Crippen LogP contribution in [-0.4, -0.2) is 32.3 Å². The van der Waals surface area contributed by atoms with Crippen molar-refractivity contribution < 1.29 is 27.2 Å². The summed E-state index contributed by atoms with van der Waals surface area (Å²) in [6, 6.07) is 5.99. The van der Waals surface area contributed by atoms with Crippen molar-refractivity contribution in [1.82, 2.24) is 0 Å². The quantitative estimate of drug-likeness (QED) is 0.456. The van der Waals surface area contributed by atoms with Gasteiger partial charge in [-0.1, -0.05) is 44.4 Å². The molecule has 1 N–H and O–H groups in total. The minimum absolute atomic E-state index is 0.0666. The number of aryl methyl sites for hydroxylation is 1. The lowest BCUT2D eigenvalue weighted by Crippen LogP contribution is -2.09. The molecule has 0 heterocycles. The zero-order valence-corrected chi connectivity index (χ0v) is 14.8. The van der Waals surface area contributed by atoms with Crippen LogP contribution in [0.25, 0.3) is 0 Å². The Morgan fingerprint density at radius 1 is 1.00 bits per heavy atom. The van der Waals surface area contributed by atoms with Gasteiger partial charge in [-0.05, 0) is 31.9 Å². The van der Waals surface area contributed by atoms with Crippen LogP contribution in [0.15, 0.2) is 29.2 Å². The van der Waals surface area contributed by atoms with E-state index in [1.807, 2.05) is 20.8 Å². The van der Waals surface area contributed by atoms with Crippen molar-refractivity contribution in [3.8, 4) is 0 Å². The first kappa shape index (κ1) is 21.4. The van der Waals surface area contributed by atoms with Gasteiger partial charge in [0.25, 0.3) is 10.1 Å². The van der Waals surface area contributed by atoms with Gasteiger partial charge in [-0.3, -0.25) is 4.55 Å². The van der Waals surface area contributed by atoms with Crippen LogP contribution in [0, 0.1) is 6.92 Å². The Hall–Kier alpha value is -1.60. The van der Waals surface area contributed by atoms with Crippen LogP contribution >= 0.6 is 0 Å². The summed E-state index contributed by atoms with van der Waals surface area (Å²) in [5.41, 5.74) is 0.956. The SMILES string of the molecule is CCCCOC(=O)OCCCC.Cc1ccc(S(=O)(=O)O)cc1. The Morgan fingerprint density at radius 3 is 1.78 bits per heavy atom. The molecule has 0 saturated heterocycles. The summed E-state index contributed by atoms with van der Waals surface area (Å²) >= 11 is 0. The van der Waals surface area contributed by atoms with E-state index in [-0.39, 0.29) is 4.90 Å². The fourth-order valence-electron chi connectivity index (χ4n) is 1.35. The Labute approximate surface area is 138 Å². The number of carbonyl (C=O) groups is 1. The molecule has 0 aromatic heterocycles. The van der Waals surface area contributed by atoms with Gasteiger partial charge < -0.3 is 9.47 Å². The Morgan fingerprint density at radius 2 is 1.43 bits per heavy atom. The molecule has 0 amide bonds. The van der Waals surface area contributed by atoms with E-state index in [2.05, 4.69) is 0 Å². The van der Waals surface area contributed by atoms with E-state index >= 15 is 0 Å². The van der Waals surface area contributed by atoms with E-state index < -0.39 is 16.3 Å². The molecular weight excluding hydrogens is 320 g/mol. The molecule has 0 aliphatic heterocycles. The predicted octanol–water partition coefficient (Wildman–Crippen LogP) is 3.98. The molecule has 0 aliphatic carbocycles. The van der Waals surface area contributed by atoms with Crippen LogP contribution in [0.3, 0.4) is 0 Å². The average molecular weight is 346 g/mol. The molecule has 0 unspecified atom stereocenters. The van der Waals surface area contributed by atoms with Crippen LogP contribution in [0.1, 0.15) is 45.1 Å². The highest BCUT2D eigenvalue weighted by Crippen LogP contribution is 2.08. The van der Waals surface area contributed by atoms with E-state index in [0.717, 1.165) is 31.2 Å². The van der Waals surface area contributed by atoms with Gasteiger partial charge in [-0.25, -0.2) is 4.79 Å². The fraction of sp³-hybridized carbons (Fsp3) is 0.562. The largest absolute Gasteiger partial charge is 0.508 e. The molecule has 0 bridgehead atoms. The van der Waals surface area contributed by atoms with Gasteiger partial charge in [0.1, 0.15) is 0 Å². The minimum atomic E-state index is -4.02. The van der Waals surface area contributed by atoms with Crippen molar-refractivity contribution >= 4 is 16.3 Å². The van der Waals surface area contributed by atoms with Crippen LogP contribution in [0.2, 0.25) is 0 Å². The van der Waals surface area contributed by atoms with Crippen molar-refractivity contribution in [3.63, 3.8) is 0 Å². The molecule has 132 valence electrons. The van der Waals surface area contributed by atoms with E-state index in [1.54, 1.807) is 12.1 Å². The molecule has 7 heteroatoms. The summed E-state index contributed by atoms with van der Waals surface area (Å²) in [4.78, 5) is 10.7. The zero-order valence-electron chi connectivity index (χ0n) is 13.9. The number of unbranched alkanes of at least 4 members (excludes halogenated alkanes) is 2. The standard InChI is InChI=1S/C9H18O3.C7H8O3S/c1-3-5-7-11-9(10)12-8-6-4-2;1-6-2-4-7(5-3-6)11(8,9)10/h3-8H2,1-2H3;2-5H,1H3,(H,8,9,10). The monoisotopic (exact) mass is 346 g/mol.